The van der Waals surface area contributed by atoms with E-state index in [-0.39, 0.29) is 0 Å². The van der Waals surface area contributed by atoms with Crippen molar-refractivity contribution < 1.29 is 0 Å². The molecule has 1 aromatic carbocycles. The Morgan fingerprint density at radius 3 is 2.89 bits per heavy atom. The van der Waals surface area contributed by atoms with Crippen LogP contribution >= 0.6 is 11.8 Å². The first-order chi connectivity index (χ1) is 9.15. The summed E-state index contributed by atoms with van der Waals surface area (Å²) >= 11 is 2.06. The molecule has 0 aromatic heterocycles. The Hall–Kier alpha value is -0.470. The average molecular weight is 275 g/mol. The molecule has 0 aliphatic carbocycles. The Bertz CT molecular complexity index is 455. The summed E-state index contributed by atoms with van der Waals surface area (Å²) in [5.74, 6) is 2.72. The second-order valence-electron chi connectivity index (χ2n) is 6.47. The monoisotopic (exact) mass is 275 g/mol. The van der Waals surface area contributed by atoms with Gasteiger partial charge in [0.1, 0.15) is 0 Å². The minimum Gasteiger partial charge on any atom is -0.303 e. The fourth-order valence-electron chi connectivity index (χ4n) is 3.46. The van der Waals surface area contributed by atoms with Crippen LogP contribution in [0.5, 0.6) is 0 Å². The second-order valence-corrected chi connectivity index (χ2v) is 7.53. The number of nitrogens with zero attached hydrogens (tertiary/aromatic N) is 1. The molecule has 0 spiro atoms. The lowest BCUT2D eigenvalue weighted by molar-refractivity contribution is 0.286. The van der Waals surface area contributed by atoms with Gasteiger partial charge in [-0.05, 0) is 61.9 Å². The second kappa shape index (κ2) is 5.49. The van der Waals surface area contributed by atoms with Crippen LogP contribution in [0.1, 0.15) is 56.1 Å². The minimum absolute atomic E-state index is 0.644. The quantitative estimate of drug-likeness (QED) is 0.800. The first-order valence-electron chi connectivity index (χ1n) is 7.62. The average Bonchev–Trinajstić information content (AvgIpc) is 2.97. The number of hydrogen-bond acceptors (Lipinski definition) is 2. The zero-order valence-electron chi connectivity index (χ0n) is 12.4. The molecule has 19 heavy (non-hydrogen) atoms. The van der Waals surface area contributed by atoms with Crippen LogP contribution in [0.3, 0.4) is 0 Å². The van der Waals surface area contributed by atoms with Gasteiger partial charge in [0.2, 0.25) is 0 Å². The van der Waals surface area contributed by atoms with Crippen LogP contribution in [0, 0.1) is 0 Å². The summed E-state index contributed by atoms with van der Waals surface area (Å²) < 4.78 is 0. The predicted molar refractivity (Wildman–Crippen MR) is 84.3 cm³/mol. The van der Waals surface area contributed by atoms with Gasteiger partial charge in [-0.25, -0.2) is 0 Å². The Morgan fingerprint density at radius 2 is 2.21 bits per heavy atom. The van der Waals surface area contributed by atoms with Crippen LogP contribution in [0.2, 0.25) is 0 Å². The number of fused-ring (bicyclic) bond motifs is 1. The largest absolute Gasteiger partial charge is 0.303 e. The summed E-state index contributed by atoms with van der Waals surface area (Å²) in [6.07, 6.45) is 4.15. The number of hydrogen-bond donors (Lipinski definition) is 0. The third-order valence-electron chi connectivity index (χ3n) is 4.81. The van der Waals surface area contributed by atoms with Gasteiger partial charge in [0.05, 0.1) is 0 Å². The Morgan fingerprint density at radius 1 is 1.37 bits per heavy atom. The molecule has 0 radical (unpaired) electrons. The van der Waals surface area contributed by atoms with Gasteiger partial charge in [0, 0.05) is 16.7 Å². The van der Waals surface area contributed by atoms with Gasteiger partial charge in [-0.1, -0.05) is 26.0 Å². The maximum atomic E-state index is 2.56. The van der Waals surface area contributed by atoms with Gasteiger partial charge in [-0.2, -0.15) is 0 Å². The molecule has 2 aliphatic heterocycles. The third-order valence-corrected chi connectivity index (χ3v) is 6.06. The van der Waals surface area contributed by atoms with Crippen molar-refractivity contribution in [3.8, 4) is 0 Å². The summed E-state index contributed by atoms with van der Waals surface area (Å²) in [7, 11) is 2.30. The Kier molecular flexibility index (Phi) is 3.91. The molecule has 104 valence electrons. The van der Waals surface area contributed by atoms with Crippen molar-refractivity contribution in [2.75, 3.05) is 19.3 Å². The van der Waals surface area contributed by atoms with Gasteiger partial charge in [-0.15, -0.1) is 11.8 Å². The zero-order chi connectivity index (χ0) is 13.4. The van der Waals surface area contributed by atoms with E-state index in [4.69, 9.17) is 0 Å². The topological polar surface area (TPSA) is 3.24 Å². The lowest BCUT2D eigenvalue weighted by Gasteiger charge is -2.23. The van der Waals surface area contributed by atoms with Crippen LogP contribution in [0.25, 0.3) is 0 Å². The molecule has 0 saturated carbocycles. The normalized spacial score (nSPS) is 27.2. The highest BCUT2D eigenvalue weighted by atomic mass is 32.2. The predicted octanol–water partition coefficient (Wildman–Crippen LogP) is 4.48. The molecular weight excluding hydrogens is 250 g/mol. The molecule has 1 saturated heterocycles. The van der Waals surface area contributed by atoms with Gasteiger partial charge >= 0.3 is 0 Å². The number of thioether (sulfide) groups is 1. The molecule has 0 N–H and O–H groups in total. The van der Waals surface area contributed by atoms with Gasteiger partial charge in [-0.3, -0.25) is 0 Å². The highest BCUT2D eigenvalue weighted by Gasteiger charge is 2.29. The molecule has 2 atom stereocenters. The van der Waals surface area contributed by atoms with E-state index in [0.717, 1.165) is 12.0 Å². The summed E-state index contributed by atoms with van der Waals surface area (Å²) in [6.45, 7) is 5.89. The van der Waals surface area contributed by atoms with Crippen LogP contribution in [-0.4, -0.2) is 30.3 Å². The maximum Gasteiger partial charge on any atom is 0.0108 e. The molecule has 2 aliphatic rings. The van der Waals surface area contributed by atoms with Crippen molar-refractivity contribution in [2.24, 2.45) is 0 Å². The van der Waals surface area contributed by atoms with Gasteiger partial charge in [0.15, 0.2) is 0 Å². The van der Waals surface area contributed by atoms with E-state index >= 15 is 0 Å². The molecule has 2 heterocycles. The summed E-state index contributed by atoms with van der Waals surface area (Å²) in [6, 6.07) is 7.98. The van der Waals surface area contributed by atoms with Crippen molar-refractivity contribution in [1.29, 1.82) is 0 Å². The van der Waals surface area contributed by atoms with E-state index in [0.29, 0.717) is 5.92 Å². The number of rotatable bonds is 3. The lowest BCUT2D eigenvalue weighted by Crippen LogP contribution is -2.26. The van der Waals surface area contributed by atoms with E-state index in [1.807, 2.05) is 0 Å². The molecule has 1 nitrogen and oxygen atoms in total. The van der Waals surface area contributed by atoms with Crippen molar-refractivity contribution in [3.63, 3.8) is 0 Å². The molecule has 0 bridgehead atoms. The number of likely N-dealkylation sites (tertiary alicyclic amines) is 1. The lowest BCUT2D eigenvalue weighted by atomic mass is 9.90. The standard InChI is InChI=1S/C17H25NS/c1-12(2)13-6-7-17-16(10-13)14(11-19-17)9-15-5-4-8-18(15)3/h6-7,10,12,14-15H,4-5,8-9,11H2,1-3H3/t14-,15-/m1/s1. The summed E-state index contributed by atoms with van der Waals surface area (Å²) in [5, 5.41) is 0. The molecule has 3 rings (SSSR count). The van der Waals surface area contributed by atoms with Crippen molar-refractivity contribution in [3.05, 3.63) is 29.3 Å². The minimum atomic E-state index is 0.644. The smallest absolute Gasteiger partial charge is 0.0108 e. The highest BCUT2D eigenvalue weighted by Crippen LogP contribution is 2.44. The van der Waals surface area contributed by atoms with Crippen LogP contribution < -0.4 is 0 Å². The molecule has 1 aromatic rings. The van der Waals surface area contributed by atoms with Crippen LogP contribution in [0.15, 0.2) is 23.1 Å². The fourth-order valence-corrected chi connectivity index (χ4v) is 4.71. The fraction of sp³-hybridized carbons (Fsp3) is 0.647. The Balaban J connectivity index is 1.78. The summed E-state index contributed by atoms with van der Waals surface area (Å²) in [4.78, 5) is 4.10. The van der Waals surface area contributed by atoms with E-state index in [1.165, 1.54) is 42.0 Å². The first kappa shape index (κ1) is 13.5. The van der Waals surface area contributed by atoms with Crippen LogP contribution in [0.4, 0.5) is 0 Å². The van der Waals surface area contributed by atoms with Gasteiger partial charge in [0.25, 0.3) is 0 Å². The molecule has 0 unspecified atom stereocenters. The van der Waals surface area contributed by atoms with E-state index in [9.17, 15) is 0 Å². The van der Waals surface area contributed by atoms with Crippen molar-refractivity contribution >= 4 is 11.8 Å². The molecule has 0 amide bonds. The SMILES string of the molecule is CC(C)c1ccc2c(c1)[C@H](C[C@H]1CCCN1C)CS2. The van der Waals surface area contributed by atoms with Crippen molar-refractivity contribution in [1.82, 2.24) is 4.90 Å². The summed E-state index contributed by atoms with van der Waals surface area (Å²) in [5.41, 5.74) is 3.14. The maximum absolute atomic E-state index is 2.56. The highest BCUT2D eigenvalue weighted by molar-refractivity contribution is 7.99. The Labute approximate surface area is 121 Å². The molecular formula is C17H25NS. The van der Waals surface area contributed by atoms with Crippen molar-refractivity contribution in [2.45, 2.75) is 55.9 Å². The van der Waals surface area contributed by atoms with Crippen LogP contribution in [-0.2, 0) is 0 Å². The first-order valence-corrected chi connectivity index (χ1v) is 8.60. The molecule has 2 heteroatoms. The van der Waals surface area contributed by atoms with E-state index in [1.54, 1.807) is 5.56 Å². The third kappa shape index (κ3) is 2.71. The molecule has 1 fully saturated rings. The van der Waals surface area contributed by atoms with E-state index in [2.05, 4.69) is 55.8 Å². The van der Waals surface area contributed by atoms with E-state index < -0.39 is 0 Å². The van der Waals surface area contributed by atoms with Gasteiger partial charge < -0.3 is 4.90 Å². The zero-order valence-corrected chi connectivity index (χ0v) is 13.2. The number of benzene rings is 1.